The van der Waals surface area contributed by atoms with Crippen molar-refractivity contribution in [3.05, 3.63) is 40.4 Å². The topological polar surface area (TPSA) is 39.8 Å². The summed E-state index contributed by atoms with van der Waals surface area (Å²) >= 11 is 6.41. The van der Waals surface area contributed by atoms with E-state index < -0.39 is 0 Å². The van der Waals surface area contributed by atoms with Crippen LogP contribution in [0.4, 0.5) is 0 Å². The molecule has 0 aliphatic carbocycles. The molecule has 0 N–H and O–H groups in total. The van der Waals surface area contributed by atoms with Crippen LogP contribution in [0.3, 0.4) is 0 Å². The molecule has 0 saturated heterocycles. The van der Waals surface area contributed by atoms with Crippen molar-refractivity contribution in [2.45, 2.75) is 53.1 Å². The Labute approximate surface area is 130 Å². The molecular weight excluding hydrogens is 286 g/mol. The number of hydrogen-bond acceptors (Lipinski definition) is 2. The van der Waals surface area contributed by atoms with Gasteiger partial charge in [0.15, 0.2) is 5.78 Å². The Kier molecular flexibility index (Phi) is 5.23. The lowest BCUT2D eigenvalue weighted by atomic mass is 10.1. The molecule has 0 amide bonds. The summed E-state index contributed by atoms with van der Waals surface area (Å²) in [6, 6.07) is 1.87. The van der Waals surface area contributed by atoms with Crippen LogP contribution in [0.15, 0.2) is 18.5 Å². The molecule has 0 unspecified atom stereocenters. The summed E-state index contributed by atoms with van der Waals surface area (Å²) < 4.78 is 3.94. The number of nitrogens with zero attached hydrogens (tertiary/aromatic N) is 3. The number of halogens is 1. The van der Waals surface area contributed by atoms with Gasteiger partial charge in [-0.3, -0.25) is 9.48 Å². The van der Waals surface area contributed by atoms with E-state index in [0.717, 1.165) is 41.4 Å². The first-order chi connectivity index (χ1) is 10.1. The van der Waals surface area contributed by atoms with E-state index >= 15 is 0 Å². The molecule has 0 saturated carbocycles. The molecule has 0 bridgehead atoms. The highest BCUT2D eigenvalue weighted by molar-refractivity contribution is 6.31. The molecule has 21 heavy (non-hydrogen) atoms. The van der Waals surface area contributed by atoms with Crippen molar-refractivity contribution in [3.63, 3.8) is 0 Å². The van der Waals surface area contributed by atoms with Crippen molar-refractivity contribution >= 4 is 17.4 Å². The normalized spacial score (nSPS) is 11.0. The van der Waals surface area contributed by atoms with Gasteiger partial charge in [-0.1, -0.05) is 25.4 Å². The third kappa shape index (κ3) is 3.38. The SMILES string of the molecule is CCCC(=O)c1ccn(Cc2c(Cl)c(CC)nn2CC)c1. The highest BCUT2D eigenvalue weighted by Gasteiger charge is 2.15. The Morgan fingerprint density at radius 3 is 2.71 bits per heavy atom. The van der Waals surface area contributed by atoms with Crippen molar-refractivity contribution < 1.29 is 4.79 Å². The van der Waals surface area contributed by atoms with Crippen molar-refractivity contribution in [3.8, 4) is 0 Å². The quantitative estimate of drug-likeness (QED) is 0.727. The smallest absolute Gasteiger partial charge is 0.164 e. The van der Waals surface area contributed by atoms with Crippen LogP contribution < -0.4 is 0 Å². The lowest BCUT2D eigenvalue weighted by Gasteiger charge is -2.06. The fourth-order valence-electron chi connectivity index (χ4n) is 2.42. The van der Waals surface area contributed by atoms with Gasteiger partial charge in [0.25, 0.3) is 0 Å². The molecular formula is C16H22ClN3O. The van der Waals surface area contributed by atoms with Crippen molar-refractivity contribution in [1.82, 2.24) is 14.3 Å². The molecule has 0 spiro atoms. The maximum atomic E-state index is 11.9. The number of hydrogen-bond donors (Lipinski definition) is 0. The van der Waals surface area contributed by atoms with Crippen LogP contribution in [0, 0.1) is 0 Å². The maximum Gasteiger partial charge on any atom is 0.164 e. The van der Waals surface area contributed by atoms with Gasteiger partial charge in [-0.05, 0) is 25.8 Å². The fraction of sp³-hybridized carbons (Fsp3) is 0.500. The van der Waals surface area contributed by atoms with Gasteiger partial charge < -0.3 is 4.57 Å². The monoisotopic (exact) mass is 307 g/mol. The second-order valence-electron chi connectivity index (χ2n) is 5.12. The number of ketones is 1. The van der Waals surface area contributed by atoms with E-state index in [0.29, 0.717) is 13.0 Å². The van der Waals surface area contributed by atoms with E-state index in [9.17, 15) is 4.79 Å². The molecule has 2 aromatic heterocycles. The van der Waals surface area contributed by atoms with Gasteiger partial charge in [-0.15, -0.1) is 0 Å². The minimum atomic E-state index is 0.195. The first-order valence-corrected chi connectivity index (χ1v) is 7.91. The zero-order valence-corrected chi connectivity index (χ0v) is 13.7. The average Bonchev–Trinajstić information content (AvgIpc) is 3.06. The molecule has 2 aromatic rings. The second kappa shape index (κ2) is 6.94. The van der Waals surface area contributed by atoms with Crippen LogP contribution >= 0.6 is 11.6 Å². The predicted molar refractivity (Wildman–Crippen MR) is 85.1 cm³/mol. The van der Waals surface area contributed by atoms with Crippen molar-refractivity contribution in [2.24, 2.45) is 0 Å². The Bertz CT molecular complexity index is 628. The zero-order chi connectivity index (χ0) is 15.4. The first kappa shape index (κ1) is 15.8. The molecule has 0 aromatic carbocycles. The van der Waals surface area contributed by atoms with Gasteiger partial charge >= 0.3 is 0 Å². The molecule has 0 radical (unpaired) electrons. The molecule has 2 rings (SSSR count). The largest absolute Gasteiger partial charge is 0.348 e. The third-order valence-corrected chi connectivity index (χ3v) is 4.01. The summed E-state index contributed by atoms with van der Waals surface area (Å²) in [5, 5.41) is 5.26. The Hall–Kier alpha value is -1.55. The molecule has 0 atom stereocenters. The molecule has 114 valence electrons. The van der Waals surface area contributed by atoms with Crippen LogP contribution in [0.1, 0.15) is 55.4 Å². The van der Waals surface area contributed by atoms with Gasteiger partial charge in [0.05, 0.1) is 23.0 Å². The standard InChI is InChI=1S/C16H22ClN3O/c1-4-7-15(21)12-8-9-19(10-12)11-14-16(17)13(5-2)18-20(14)6-3/h8-10H,4-7,11H2,1-3H3. The van der Waals surface area contributed by atoms with Gasteiger partial charge in [0, 0.05) is 30.9 Å². The summed E-state index contributed by atoms with van der Waals surface area (Å²) in [6.45, 7) is 7.55. The van der Waals surface area contributed by atoms with E-state index in [-0.39, 0.29) is 5.78 Å². The number of Topliss-reactive ketones (excluding diaryl/α,β-unsaturated/α-hetero) is 1. The molecule has 0 aliphatic heterocycles. The minimum Gasteiger partial charge on any atom is -0.348 e. The van der Waals surface area contributed by atoms with Crippen molar-refractivity contribution in [2.75, 3.05) is 0 Å². The molecule has 0 fully saturated rings. The highest BCUT2D eigenvalue weighted by atomic mass is 35.5. The van der Waals surface area contributed by atoms with E-state index in [1.807, 2.05) is 34.6 Å². The molecule has 5 heteroatoms. The maximum absolute atomic E-state index is 11.9. The number of rotatable bonds is 7. The van der Waals surface area contributed by atoms with Gasteiger partial charge in [-0.2, -0.15) is 5.10 Å². The van der Waals surface area contributed by atoms with Crippen LogP contribution in [0.5, 0.6) is 0 Å². The first-order valence-electron chi connectivity index (χ1n) is 7.53. The fourth-order valence-corrected chi connectivity index (χ4v) is 2.75. The van der Waals surface area contributed by atoms with Crippen LogP contribution in [0.2, 0.25) is 5.02 Å². The van der Waals surface area contributed by atoms with Crippen molar-refractivity contribution in [1.29, 1.82) is 0 Å². The van der Waals surface area contributed by atoms with Crippen LogP contribution in [0.25, 0.3) is 0 Å². The summed E-state index contributed by atoms with van der Waals surface area (Å²) in [5.74, 6) is 0.195. The number of carbonyl (C=O) groups is 1. The average molecular weight is 308 g/mol. The van der Waals surface area contributed by atoms with E-state index in [2.05, 4.69) is 18.9 Å². The summed E-state index contributed by atoms with van der Waals surface area (Å²) in [4.78, 5) is 11.9. The Morgan fingerprint density at radius 2 is 2.10 bits per heavy atom. The van der Waals surface area contributed by atoms with Gasteiger partial charge in [0.1, 0.15) is 0 Å². The Balaban J connectivity index is 2.22. The molecule has 2 heterocycles. The third-order valence-electron chi connectivity index (χ3n) is 3.58. The summed E-state index contributed by atoms with van der Waals surface area (Å²) in [7, 11) is 0. The number of aromatic nitrogens is 3. The molecule has 4 nitrogen and oxygen atoms in total. The van der Waals surface area contributed by atoms with E-state index in [1.165, 1.54) is 0 Å². The Morgan fingerprint density at radius 1 is 1.33 bits per heavy atom. The predicted octanol–water partition coefficient (Wildman–Crippen LogP) is 3.95. The highest BCUT2D eigenvalue weighted by Crippen LogP contribution is 2.23. The summed E-state index contributed by atoms with van der Waals surface area (Å²) in [5.41, 5.74) is 2.70. The van der Waals surface area contributed by atoms with Crippen LogP contribution in [-0.4, -0.2) is 20.1 Å². The second-order valence-corrected chi connectivity index (χ2v) is 5.50. The number of carbonyl (C=O) groups excluding carboxylic acids is 1. The van der Waals surface area contributed by atoms with Crippen LogP contribution in [-0.2, 0) is 19.5 Å². The number of aryl methyl sites for hydroxylation is 2. The van der Waals surface area contributed by atoms with Gasteiger partial charge in [-0.25, -0.2) is 0 Å². The minimum absolute atomic E-state index is 0.195. The summed E-state index contributed by atoms with van der Waals surface area (Å²) in [6.07, 6.45) is 6.12. The van der Waals surface area contributed by atoms with E-state index in [4.69, 9.17) is 11.6 Å². The lowest BCUT2D eigenvalue weighted by Crippen LogP contribution is -2.07. The van der Waals surface area contributed by atoms with Gasteiger partial charge in [0.2, 0.25) is 0 Å². The lowest BCUT2D eigenvalue weighted by molar-refractivity contribution is 0.0981. The molecule has 0 aliphatic rings. The van der Waals surface area contributed by atoms with E-state index in [1.54, 1.807) is 0 Å². The zero-order valence-electron chi connectivity index (χ0n) is 12.9.